The SMILES string of the molecule is CNC1(C)CCN(Cc2ccc(OC)c(C#N)c2)CC1. The lowest BCUT2D eigenvalue weighted by atomic mass is 9.90. The molecule has 0 amide bonds. The molecule has 0 aliphatic carbocycles. The van der Waals surface area contributed by atoms with Crippen LogP contribution >= 0.6 is 0 Å². The molecule has 0 bridgehead atoms. The van der Waals surface area contributed by atoms with Crippen molar-refractivity contribution in [1.82, 2.24) is 10.2 Å². The Bertz CT molecular complexity index is 499. The third-order valence-electron chi connectivity index (χ3n) is 4.35. The average molecular weight is 273 g/mol. The molecule has 20 heavy (non-hydrogen) atoms. The molecule has 1 N–H and O–H groups in total. The van der Waals surface area contributed by atoms with E-state index >= 15 is 0 Å². The standard InChI is InChI=1S/C16H23N3O/c1-16(18-2)6-8-19(9-7-16)12-13-4-5-15(20-3)14(10-13)11-17/h4-5,10,18H,6-9,12H2,1-3H3. The predicted molar refractivity (Wildman–Crippen MR) is 79.7 cm³/mol. The van der Waals surface area contributed by atoms with Gasteiger partial charge in [0, 0.05) is 25.2 Å². The van der Waals surface area contributed by atoms with Gasteiger partial charge in [-0.25, -0.2) is 0 Å². The predicted octanol–water partition coefficient (Wildman–Crippen LogP) is 2.14. The van der Waals surface area contributed by atoms with Gasteiger partial charge in [-0.2, -0.15) is 5.26 Å². The molecule has 0 atom stereocenters. The minimum atomic E-state index is 0.272. The third-order valence-corrected chi connectivity index (χ3v) is 4.35. The van der Waals surface area contributed by atoms with Crippen molar-refractivity contribution >= 4 is 0 Å². The van der Waals surface area contributed by atoms with Gasteiger partial charge in [-0.05, 0) is 44.5 Å². The van der Waals surface area contributed by atoms with Gasteiger partial charge in [0.15, 0.2) is 0 Å². The Morgan fingerprint density at radius 2 is 2.10 bits per heavy atom. The van der Waals surface area contributed by atoms with E-state index in [2.05, 4.69) is 23.2 Å². The Kier molecular flexibility index (Phi) is 4.64. The molecule has 1 fully saturated rings. The molecule has 2 rings (SSSR count). The lowest BCUT2D eigenvalue weighted by Gasteiger charge is -2.39. The topological polar surface area (TPSA) is 48.3 Å². The summed E-state index contributed by atoms with van der Waals surface area (Å²) in [5.41, 5.74) is 2.06. The Morgan fingerprint density at radius 1 is 1.40 bits per heavy atom. The number of nitrogens with one attached hydrogen (secondary N) is 1. The number of ether oxygens (including phenoxy) is 1. The summed E-state index contributed by atoms with van der Waals surface area (Å²) in [6.45, 7) is 5.36. The minimum absolute atomic E-state index is 0.272. The zero-order valence-corrected chi connectivity index (χ0v) is 12.6. The van der Waals surface area contributed by atoms with Crippen molar-refractivity contribution in [1.29, 1.82) is 5.26 Å². The van der Waals surface area contributed by atoms with Crippen LogP contribution in [0.15, 0.2) is 18.2 Å². The van der Waals surface area contributed by atoms with Gasteiger partial charge >= 0.3 is 0 Å². The lowest BCUT2D eigenvalue weighted by molar-refractivity contribution is 0.146. The van der Waals surface area contributed by atoms with Crippen LogP contribution in [0.5, 0.6) is 5.75 Å². The Balaban J connectivity index is 2.00. The first-order valence-electron chi connectivity index (χ1n) is 7.08. The number of nitrogens with zero attached hydrogens (tertiary/aromatic N) is 2. The van der Waals surface area contributed by atoms with Crippen LogP contribution < -0.4 is 10.1 Å². The highest BCUT2D eigenvalue weighted by molar-refractivity contribution is 5.45. The number of hydrogen-bond donors (Lipinski definition) is 1. The van der Waals surface area contributed by atoms with E-state index in [1.54, 1.807) is 7.11 Å². The zero-order chi connectivity index (χ0) is 14.6. The Hall–Kier alpha value is -1.57. The maximum atomic E-state index is 9.13. The molecule has 4 nitrogen and oxygen atoms in total. The van der Waals surface area contributed by atoms with Crippen LogP contribution in [0.2, 0.25) is 0 Å². The molecule has 4 heteroatoms. The zero-order valence-electron chi connectivity index (χ0n) is 12.6. The van der Waals surface area contributed by atoms with Crippen molar-refractivity contribution in [3.8, 4) is 11.8 Å². The molecule has 1 saturated heterocycles. The van der Waals surface area contributed by atoms with E-state index in [1.807, 2.05) is 25.2 Å². The van der Waals surface area contributed by atoms with Gasteiger partial charge in [0.1, 0.15) is 11.8 Å². The highest BCUT2D eigenvalue weighted by atomic mass is 16.5. The van der Waals surface area contributed by atoms with E-state index in [0.717, 1.165) is 32.5 Å². The van der Waals surface area contributed by atoms with Gasteiger partial charge in [-0.1, -0.05) is 6.07 Å². The first kappa shape index (κ1) is 14.8. The second kappa shape index (κ2) is 6.25. The summed E-state index contributed by atoms with van der Waals surface area (Å²) in [5.74, 6) is 0.651. The van der Waals surface area contributed by atoms with Crippen LogP contribution in [0, 0.1) is 11.3 Å². The molecule has 0 unspecified atom stereocenters. The van der Waals surface area contributed by atoms with E-state index < -0.39 is 0 Å². The van der Waals surface area contributed by atoms with Crippen LogP contribution in [0.25, 0.3) is 0 Å². The maximum absolute atomic E-state index is 9.13. The van der Waals surface area contributed by atoms with Crippen molar-refractivity contribution in [2.75, 3.05) is 27.2 Å². The van der Waals surface area contributed by atoms with E-state index in [-0.39, 0.29) is 5.54 Å². The van der Waals surface area contributed by atoms with Crippen LogP contribution in [0.1, 0.15) is 30.9 Å². The summed E-state index contributed by atoms with van der Waals surface area (Å²) in [7, 11) is 3.64. The van der Waals surface area contributed by atoms with Crippen molar-refractivity contribution < 1.29 is 4.74 Å². The molecule has 1 aliphatic heterocycles. The van der Waals surface area contributed by atoms with Crippen LogP contribution in [0.3, 0.4) is 0 Å². The number of piperidine rings is 1. The second-order valence-corrected chi connectivity index (χ2v) is 5.73. The lowest BCUT2D eigenvalue weighted by Crippen LogP contribution is -2.49. The highest BCUT2D eigenvalue weighted by Crippen LogP contribution is 2.24. The Morgan fingerprint density at radius 3 is 2.65 bits per heavy atom. The molecule has 1 aromatic carbocycles. The molecule has 0 radical (unpaired) electrons. The quantitative estimate of drug-likeness (QED) is 0.913. The van der Waals surface area contributed by atoms with Gasteiger partial charge in [0.2, 0.25) is 0 Å². The normalized spacial score (nSPS) is 18.5. The summed E-state index contributed by atoms with van der Waals surface area (Å²) >= 11 is 0. The first-order chi connectivity index (χ1) is 9.60. The highest BCUT2D eigenvalue weighted by Gasteiger charge is 2.28. The fourth-order valence-corrected chi connectivity index (χ4v) is 2.65. The van der Waals surface area contributed by atoms with Crippen molar-refractivity contribution in [3.63, 3.8) is 0 Å². The monoisotopic (exact) mass is 273 g/mol. The third kappa shape index (κ3) is 3.30. The average Bonchev–Trinajstić information content (AvgIpc) is 2.49. The van der Waals surface area contributed by atoms with Crippen LogP contribution in [-0.2, 0) is 6.54 Å². The fraction of sp³-hybridized carbons (Fsp3) is 0.562. The Labute approximate surface area is 121 Å². The van der Waals surface area contributed by atoms with Crippen LogP contribution in [0.4, 0.5) is 0 Å². The van der Waals surface area contributed by atoms with Gasteiger partial charge < -0.3 is 10.1 Å². The number of nitriles is 1. The molecule has 0 aromatic heterocycles. The number of likely N-dealkylation sites (tertiary alicyclic amines) is 1. The number of benzene rings is 1. The number of hydrogen-bond acceptors (Lipinski definition) is 4. The molecular weight excluding hydrogens is 250 g/mol. The molecule has 1 heterocycles. The molecule has 108 valence electrons. The van der Waals surface area contributed by atoms with Gasteiger partial charge in [0.05, 0.1) is 12.7 Å². The largest absolute Gasteiger partial charge is 0.495 e. The van der Waals surface area contributed by atoms with Gasteiger partial charge in [-0.3, -0.25) is 4.90 Å². The molecule has 0 spiro atoms. The van der Waals surface area contributed by atoms with Crippen LogP contribution in [-0.4, -0.2) is 37.7 Å². The fourth-order valence-electron chi connectivity index (χ4n) is 2.65. The van der Waals surface area contributed by atoms with E-state index in [4.69, 9.17) is 10.00 Å². The second-order valence-electron chi connectivity index (χ2n) is 5.73. The molecule has 1 aliphatic rings. The smallest absolute Gasteiger partial charge is 0.136 e. The summed E-state index contributed by atoms with van der Waals surface area (Å²) < 4.78 is 5.18. The first-order valence-corrected chi connectivity index (χ1v) is 7.08. The minimum Gasteiger partial charge on any atom is -0.495 e. The number of methoxy groups -OCH3 is 1. The number of rotatable bonds is 4. The van der Waals surface area contributed by atoms with E-state index in [0.29, 0.717) is 11.3 Å². The van der Waals surface area contributed by atoms with Gasteiger partial charge in [0.25, 0.3) is 0 Å². The van der Waals surface area contributed by atoms with Crippen molar-refractivity contribution in [2.45, 2.75) is 31.8 Å². The van der Waals surface area contributed by atoms with Gasteiger partial charge in [-0.15, -0.1) is 0 Å². The molecule has 0 saturated carbocycles. The molecular formula is C16H23N3O. The summed E-state index contributed by atoms with van der Waals surface area (Å²) in [4.78, 5) is 2.45. The summed E-state index contributed by atoms with van der Waals surface area (Å²) in [5, 5.41) is 12.5. The van der Waals surface area contributed by atoms with Crippen molar-refractivity contribution in [3.05, 3.63) is 29.3 Å². The van der Waals surface area contributed by atoms with E-state index in [9.17, 15) is 0 Å². The summed E-state index contributed by atoms with van der Waals surface area (Å²) in [6.07, 6.45) is 2.32. The van der Waals surface area contributed by atoms with E-state index in [1.165, 1.54) is 5.56 Å². The molecule has 1 aromatic rings. The van der Waals surface area contributed by atoms with Crippen molar-refractivity contribution in [2.24, 2.45) is 0 Å². The maximum Gasteiger partial charge on any atom is 0.136 e. The summed E-state index contributed by atoms with van der Waals surface area (Å²) in [6, 6.07) is 8.06.